The third kappa shape index (κ3) is 4.66. The lowest BCUT2D eigenvalue weighted by Gasteiger charge is -2.20. The second kappa shape index (κ2) is 6.58. The van der Waals surface area contributed by atoms with E-state index in [2.05, 4.69) is 36.1 Å². The van der Waals surface area contributed by atoms with Gasteiger partial charge in [0, 0.05) is 32.4 Å². The zero-order chi connectivity index (χ0) is 13.8. The molecule has 1 saturated carbocycles. The Bertz CT molecular complexity index is 416. The van der Waals surface area contributed by atoms with Gasteiger partial charge < -0.3 is 10.2 Å². The van der Waals surface area contributed by atoms with E-state index in [1.54, 1.807) is 0 Å². The number of rotatable bonds is 7. The van der Waals surface area contributed by atoms with Crippen molar-refractivity contribution >= 4 is 17.4 Å². The maximum atomic E-state index is 6.34. The fourth-order valence-corrected chi connectivity index (χ4v) is 2.29. The minimum atomic E-state index is 0.697. The molecule has 1 aliphatic carbocycles. The van der Waals surface area contributed by atoms with Crippen molar-refractivity contribution in [3.63, 3.8) is 0 Å². The van der Waals surface area contributed by atoms with Crippen LogP contribution in [-0.4, -0.2) is 24.6 Å². The van der Waals surface area contributed by atoms with Gasteiger partial charge in [-0.3, -0.25) is 0 Å². The molecular formula is C15H24ClN3. The van der Waals surface area contributed by atoms with Crippen LogP contribution in [0.4, 0.5) is 5.82 Å². The molecule has 0 saturated heterocycles. The van der Waals surface area contributed by atoms with Gasteiger partial charge in [0.15, 0.2) is 0 Å². The topological polar surface area (TPSA) is 28.2 Å². The molecule has 0 aromatic carbocycles. The molecule has 0 unspecified atom stereocenters. The van der Waals surface area contributed by atoms with E-state index < -0.39 is 0 Å². The molecule has 1 fully saturated rings. The summed E-state index contributed by atoms with van der Waals surface area (Å²) in [4.78, 5) is 6.65. The normalized spacial score (nSPS) is 15.0. The lowest BCUT2D eigenvalue weighted by Crippen LogP contribution is -2.22. The summed E-state index contributed by atoms with van der Waals surface area (Å²) >= 11 is 6.34. The Hall–Kier alpha value is -0.800. The smallest absolute Gasteiger partial charge is 0.147 e. The predicted molar refractivity (Wildman–Crippen MR) is 81.8 cm³/mol. The van der Waals surface area contributed by atoms with E-state index in [1.165, 1.54) is 12.8 Å². The molecule has 0 aliphatic heterocycles. The van der Waals surface area contributed by atoms with E-state index in [9.17, 15) is 0 Å². The molecule has 19 heavy (non-hydrogen) atoms. The molecule has 0 atom stereocenters. The van der Waals surface area contributed by atoms with E-state index in [1.807, 2.05) is 12.3 Å². The summed E-state index contributed by atoms with van der Waals surface area (Å²) in [7, 11) is 2.05. The zero-order valence-electron chi connectivity index (χ0n) is 12.1. The Balaban J connectivity index is 1.92. The van der Waals surface area contributed by atoms with E-state index in [4.69, 9.17) is 11.6 Å². The van der Waals surface area contributed by atoms with Crippen molar-refractivity contribution in [2.75, 3.05) is 18.5 Å². The van der Waals surface area contributed by atoms with Gasteiger partial charge in [-0.2, -0.15) is 0 Å². The molecular weight excluding hydrogens is 258 g/mol. The highest BCUT2D eigenvalue weighted by Gasteiger charge is 2.20. The van der Waals surface area contributed by atoms with E-state index >= 15 is 0 Å². The molecule has 0 bridgehead atoms. The van der Waals surface area contributed by atoms with Crippen LogP contribution in [0, 0.1) is 5.92 Å². The van der Waals surface area contributed by atoms with Gasteiger partial charge in [-0.15, -0.1) is 0 Å². The maximum Gasteiger partial charge on any atom is 0.147 e. The first-order chi connectivity index (χ1) is 9.06. The first kappa shape index (κ1) is 14.6. The molecule has 1 aliphatic rings. The number of pyridine rings is 1. The molecule has 4 heteroatoms. The third-order valence-electron chi connectivity index (χ3n) is 3.45. The monoisotopic (exact) mass is 281 g/mol. The number of hydrogen-bond acceptors (Lipinski definition) is 3. The summed E-state index contributed by atoms with van der Waals surface area (Å²) in [6, 6.07) is 2.75. The van der Waals surface area contributed by atoms with Crippen molar-refractivity contribution in [1.29, 1.82) is 0 Å². The van der Waals surface area contributed by atoms with Crippen LogP contribution in [0.2, 0.25) is 5.02 Å². The van der Waals surface area contributed by atoms with Gasteiger partial charge in [0.05, 0.1) is 5.02 Å². The van der Waals surface area contributed by atoms with Crippen molar-refractivity contribution < 1.29 is 0 Å². The number of halogens is 1. The first-order valence-corrected chi connectivity index (χ1v) is 7.53. The van der Waals surface area contributed by atoms with Gasteiger partial charge in [0.1, 0.15) is 5.82 Å². The van der Waals surface area contributed by atoms with Gasteiger partial charge >= 0.3 is 0 Å². The van der Waals surface area contributed by atoms with Gasteiger partial charge in [0.2, 0.25) is 0 Å². The van der Waals surface area contributed by atoms with Crippen molar-refractivity contribution in [3.05, 3.63) is 22.8 Å². The summed E-state index contributed by atoms with van der Waals surface area (Å²) in [5.74, 6) is 1.58. The molecule has 0 radical (unpaired) electrons. The molecule has 1 aromatic rings. The van der Waals surface area contributed by atoms with Crippen LogP contribution in [0.15, 0.2) is 12.3 Å². The molecule has 106 valence electrons. The van der Waals surface area contributed by atoms with E-state index in [0.29, 0.717) is 12.0 Å². The quantitative estimate of drug-likeness (QED) is 0.829. The largest absolute Gasteiger partial charge is 0.358 e. The summed E-state index contributed by atoms with van der Waals surface area (Å²) in [6.45, 7) is 6.32. The van der Waals surface area contributed by atoms with Crippen LogP contribution in [0.3, 0.4) is 0 Å². The van der Waals surface area contributed by atoms with Crippen LogP contribution in [0.25, 0.3) is 0 Å². The Morgan fingerprint density at radius 3 is 2.79 bits per heavy atom. The molecule has 0 spiro atoms. The van der Waals surface area contributed by atoms with Crippen molar-refractivity contribution in [1.82, 2.24) is 10.3 Å². The average molecular weight is 282 g/mol. The van der Waals surface area contributed by atoms with Crippen molar-refractivity contribution in [2.45, 2.75) is 45.7 Å². The Labute approximate surface area is 121 Å². The fraction of sp³-hybridized carbons (Fsp3) is 0.667. The lowest BCUT2D eigenvalue weighted by molar-refractivity contribution is 0.583. The van der Waals surface area contributed by atoms with E-state index in [0.717, 1.165) is 35.9 Å². The molecule has 2 rings (SSSR count). The summed E-state index contributed by atoms with van der Waals surface area (Å²) in [5, 5.41) is 4.23. The Kier molecular flexibility index (Phi) is 5.06. The van der Waals surface area contributed by atoms with Gasteiger partial charge in [-0.1, -0.05) is 25.4 Å². The maximum absolute atomic E-state index is 6.34. The van der Waals surface area contributed by atoms with Crippen molar-refractivity contribution in [2.24, 2.45) is 5.92 Å². The minimum Gasteiger partial charge on any atom is -0.358 e. The van der Waals surface area contributed by atoms with E-state index in [-0.39, 0.29) is 0 Å². The third-order valence-corrected chi connectivity index (χ3v) is 3.73. The number of aromatic nitrogens is 1. The highest BCUT2D eigenvalue weighted by Crippen LogP contribution is 2.24. The molecule has 0 amide bonds. The summed E-state index contributed by atoms with van der Waals surface area (Å²) in [5.41, 5.74) is 1.16. The first-order valence-electron chi connectivity index (χ1n) is 7.15. The van der Waals surface area contributed by atoms with Crippen LogP contribution in [0.1, 0.15) is 38.7 Å². The second-order valence-corrected chi connectivity index (χ2v) is 6.32. The van der Waals surface area contributed by atoms with Gasteiger partial charge in [0.25, 0.3) is 0 Å². The predicted octanol–water partition coefficient (Wildman–Crippen LogP) is 3.47. The number of anilines is 1. The molecule has 1 heterocycles. The SMILES string of the molecule is CC(C)CCN(C)c1ncc(CNC2CC2)cc1Cl. The minimum absolute atomic E-state index is 0.697. The fourth-order valence-electron chi connectivity index (χ4n) is 1.96. The second-order valence-electron chi connectivity index (χ2n) is 5.91. The highest BCUT2D eigenvalue weighted by atomic mass is 35.5. The van der Waals surface area contributed by atoms with Gasteiger partial charge in [-0.05, 0) is 36.8 Å². The standard InChI is InChI=1S/C15H24ClN3/c1-11(2)6-7-19(3)15-14(16)8-12(10-18-15)9-17-13-4-5-13/h8,10-11,13,17H,4-7,9H2,1-3H3. The highest BCUT2D eigenvalue weighted by molar-refractivity contribution is 6.33. The molecule has 1 N–H and O–H groups in total. The lowest BCUT2D eigenvalue weighted by atomic mass is 10.1. The molecule has 1 aromatic heterocycles. The molecule has 3 nitrogen and oxygen atoms in total. The zero-order valence-corrected chi connectivity index (χ0v) is 12.9. The Morgan fingerprint density at radius 1 is 1.47 bits per heavy atom. The number of nitrogens with one attached hydrogen (secondary N) is 1. The average Bonchev–Trinajstić information content (AvgIpc) is 3.17. The van der Waals surface area contributed by atoms with Gasteiger partial charge in [-0.25, -0.2) is 4.98 Å². The summed E-state index contributed by atoms with van der Waals surface area (Å²) in [6.07, 6.45) is 5.69. The van der Waals surface area contributed by atoms with Crippen LogP contribution >= 0.6 is 11.6 Å². The van der Waals surface area contributed by atoms with Crippen LogP contribution in [-0.2, 0) is 6.54 Å². The summed E-state index contributed by atoms with van der Waals surface area (Å²) < 4.78 is 0. The Morgan fingerprint density at radius 2 is 2.21 bits per heavy atom. The number of nitrogens with zero attached hydrogens (tertiary/aromatic N) is 2. The van der Waals surface area contributed by atoms with Crippen LogP contribution < -0.4 is 10.2 Å². The van der Waals surface area contributed by atoms with Crippen molar-refractivity contribution in [3.8, 4) is 0 Å². The number of hydrogen-bond donors (Lipinski definition) is 1. The van der Waals surface area contributed by atoms with Crippen LogP contribution in [0.5, 0.6) is 0 Å².